The van der Waals surface area contributed by atoms with Gasteiger partial charge in [0.05, 0.1) is 0 Å². The van der Waals surface area contributed by atoms with Crippen molar-refractivity contribution >= 4 is 29.9 Å². The topological polar surface area (TPSA) is 0 Å². The predicted octanol–water partition coefficient (Wildman–Crippen LogP) is 5.64. The summed E-state index contributed by atoms with van der Waals surface area (Å²) in [6, 6.07) is 0. The van der Waals surface area contributed by atoms with Crippen molar-refractivity contribution in [2.75, 3.05) is 0 Å². The van der Waals surface area contributed by atoms with E-state index in [-0.39, 0.29) is 0 Å². The van der Waals surface area contributed by atoms with Gasteiger partial charge >= 0.3 is 134 Å². The first-order valence-corrected chi connectivity index (χ1v) is 12.6. The number of hydrogen-bond acceptors (Lipinski definition) is 0. The average molecular weight is 394 g/mol. The van der Waals surface area contributed by atoms with E-state index in [0.29, 0.717) is 0 Å². The van der Waals surface area contributed by atoms with Gasteiger partial charge < -0.3 is 0 Å². The van der Waals surface area contributed by atoms with Crippen LogP contribution in [0.5, 0.6) is 0 Å². The SMILES string of the molecule is CCCCC[Se]/C=C(\[Se]CCCCC)C1CCCC1. The number of unbranched alkanes of at least 4 members (excludes halogenated alkanes) is 4. The van der Waals surface area contributed by atoms with E-state index in [1.165, 1.54) is 74.8 Å². The van der Waals surface area contributed by atoms with Crippen LogP contribution in [-0.2, 0) is 0 Å². The van der Waals surface area contributed by atoms with Crippen molar-refractivity contribution in [2.24, 2.45) is 5.92 Å². The van der Waals surface area contributed by atoms with Gasteiger partial charge in [0.25, 0.3) is 0 Å². The van der Waals surface area contributed by atoms with Gasteiger partial charge in [-0.25, -0.2) is 0 Å². The molecule has 0 aliphatic heterocycles. The Morgan fingerprint density at radius 1 is 0.947 bits per heavy atom. The molecule has 1 fully saturated rings. The second-order valence-electron chi connectivity index (χ2n) is 5.64. The molecule has 0 amide bonds. The van der Waals surface area contributed by atoms with Gasteiger partial charge in [0, 0.05) is 0 Å². The molecule has 0 heterocycles. The molecule has 1 aliphatic rings. The van der Waals surface area contributed by atoms with Crippen molar-refractivity contribution in [1.29, 1.82) is 0 Å². The molecule has 1 aliphatic carbocycles. The minimum absolute atomic E-state index is 0.805. The van der Waals surface area contributed by atoms with Gasteiger partial charge in [-0.15, -0.1) is 0 Å². The Morgan fingerprint density at radius 2 is 1.58 bits per heavy atom. The molecule has 0 unspecified atom stereocenters. The van der Waals surface area contributed by atoms with Gasteiger partial charge in [0.1, 0.15) is 0 Å². The van der Waals surface area contributed by atoms with Crippen LogP contribution in [0.25, 0.3) is 0 Å². The fraction of sp³-hybridized carbons (Fsp3) is 0.882. The van der Waals surface area contributed by atoms with E-state index in [4.69, 9.17) is 0 Å². The van der Waals surface area contributed by atoms with Crippen LogP contribution in [0, 0.1) is 5.92 Å². The van der Waals surface area contributed by atoms with Crippen LogP contribution in [0.15, 0.2) is 9.45 Å². The normalized spacial score (nSPS) is 17.3. The molecule has 112 valence electrons. The zero-order valence-corrected chi connectivity index (χ0v) is 16.4. The van der Waals surface area contributed by atoms with Crippen LogP contribution in [0.4, 0.5) is 0 Å². The minimum atomic E-state index is 0.805. The van der Waals surface area contributed by atoms with Crippen LogP contribution in [-0.4, -0.2) is 29.9 Å². The molecular formula is C17H32Se2. The van der Waals surface area contributed by atoms with E-state index in [1.54, 1.807) is 0 Å². The fourth-order valence-electron chi connectivity index (χ4n) is 2.58. The Labute approximate surface area is 133 Å². The van der Waals surface area contributed by atoms with E-state index >= 15 is 0 Å². The quantitative estimate of drug-likeness (QED) is 0.314. The molecule has 0 aromatic rings. The van der Waals surface area contributed by atoms with E-state index in [0.717, 1.165) is 35.8 Å². The number of hydrogen-bond donors (Lipinski definition) is 0. The van der Waals surface area contributed by atoms with Crippen molar-refractivity contribution in [2.45, 2.75) is 88.7 Å². The molecule has 1 rings (SSSR count). The Morgan fingerprint density at radius 3 is 2.21 bits per heavy atom. The molecule has 0 spiro atoms. The summed E-state index contributed by atoms with van der Waals surface area (Å²) in [4.78, 5) is 2.73. The molecule has 0 nitrogen and oxygen atoms in total. The number of rotatable bonds is 11. The van der Waals surface area contributed by atoms with Gasteiger partial charge in [-0.3, -0.25) is 0 Å². The second-order valence-corrected chi connectivity index (χ2v) is 10.1. The molecule has 0 bridgehead atoms. The van der Waals surface area contributed by atoms with Crippen molar-refractivity contribution in [3.05, 3.63) is 9.45 Å². The zero-order valence-electron chi connectivity index (χ0n) is 13.0. The summed E-state index contributed by atoms with van der Waals surface area (Å²) in [5.74, 6) is 1.01. The Balaban J connectivity index is 2.28. The van der Waals surface area contributed by atoms with Crippen molar-refractivity contribution in [1.82, 2.24) is 0 Å². The molecule has 2 heteroatoms. The first kappa shape index (κ1) is 17.8. The summed E-state index contributed by atoms with van der Waals surface area (Å²) in [5.41, 5.74) is 0. The van der Waals surface area contributed by atoms with E-state index in [1.807, 2.05) is 4.47 Å². The van der Waals surface area contributed by atoms with Crippen LogP contribution in [0.1, 0.15) is 78.1 Å². The van der Waals surface area contributed by atoms with Crippen molar-refractivity contribution < 1.29 is 0 Å². The standard InChI is InChI=1S/C17H32Se2/c1-3-5-9-13-18-15-17(16-11-7-8-12-16)19-14-10-6-4-2/h15-16H,3-14H2,1-2H3/b17-15-. The van der Waals surface area contributed by atoms with Gasteiger partial charge in [-0.2, -0.15) is 0 Å². The second kappa shape index (κ2) is 12.5. The Kier molecular flexibility index (Phi) is 11.7. The third-order valence-corrected chi connectivity index (χ3v) is 9.26. The van der Waals surface area contributed by atoms with E-state index < -0.39 is 0 Å². The molecule has 0 N–H and O–H groups in total. The van der Waals surface area contributed by atoms with Crippen LogP contribution < -0.4 is 0 Å². The van der Waals surface area contributed by atoms with Gasteiger partial charge in [-0.1, -0.05) is 0 Å². The Bertz CT molecular complexity index is 229. The fourth-order valence-corrected chi connectivity index (χ4v) is 8.19. The van der Waals surface area contributed by atoms with Gasteiger partial charge in [0.2, 0.25) is 0 Å². The summed E-state index contributed by atoms with van der Waals surface area (Å²) < 4.78 is 1.93. The van der Waals surface area contributed by atoms with Gasteiger partial charge in [0.15, 0.2) is 0 Å². The molecule has 0 aromatic heterocycles. The summed E-state index contributed by atoms with van der Waals surface area (Å²) in [6.07, 6.45) is 14.6. The Hall–Kier alpha value is 0.779. The molecule has 0 aromatic carbocycles. The third kappa shape index (κ3) is 8.61. The molecular weight excluding hydrogens is 362 g/mol. The summed E-state index contributed by atoms with van der Waals surface area (Å²) in [5, 5.41) is 3.00. The van der Waals surface area contributed by atoms with E-state index in [9.17, 15) is 0 Å². The van der Waals surface area contributed by atoms with Crippen LogP contribution in [0.3, 0.4) is 0 Å². The molecule has 1 saturated carbocycles. The first-order chi connectivity index (χ1) is 9.38. The van der Waals surface area contributed by atoms with Crippen LogP contribution in [0.2, 0.25) is 10.6 Å². The first-order valence-electron chi connectivity index (χ1n) is 8.33. The van der Waals surface area contributed by atoms with Crippen molar-refractivity contribution in [3.63, 3.8) is 0 Å². The van der Waals surface area contributed by atoms with Crippen molar-refractivity contribution in [3.8, 4) is 0 Å². The predicted molar refractivity (Wildman–Crippen MR) is 90.2 cm³/mol. The number of allylic oxidation sites excluding steroid dienone is 1. The third-order valence-electron chi connectivity index (χ3n) is 3.84. The molecule has 19 heavy (non-hydrogen) atoms. The van der Waals surface area contributed by atoms with E-state index in [2.05, 4.69) is 18.8 Å². The summed E-state index contributed by atoms with van der Waals surface area (Å²) >= 11 is 1.64. The average Bonchev–Trinajstić information content (AvgIpc) is 2.95. The van der Waals surface area contributed by atoms with Gasteiger partial charge in [-0.05, 0) is 0 Å². The monoisotopic (exact) mass is 396 g/mol. The molecule has 0 saturated heterocycles. The maximum absolute atomic E-state index is 2.73. The summed E-state index contributed by atoms with van der Waals surface area (Å²) in [6.45, 7) is 4.63. The molecule has 0 radical (unpaired) electrons. The van der Waals surface area contributed by atoms with Crippen LogP contribution >= 0.6 is 0 Å². The maximum atomic E-state index is 2.73. The zero-order chi connectivity index (χ0) is 13.8. The summed E-state index contributed by atoms with van der Waals surface area (Å²) in [7, 11) is 0. The molecule has 0 atom stereocenters.